The van der Waals surface area contributed by atoms with Crippen LogP contribution in [0.2, 0.25) is 0 Å². The summed E-state index contributed by atoms with van der Waals surface area (Å²) in [5.74, 6) is -0.386. The standard InChI is InChI=1S/C30H30N6O3S3/c1-19-4-10-22(11-5-19)31-25(37)16-40-28-34-29(41-17-26(38)32-23-12-6-20(2)7-13-23)36-30(35-28)42-18-27(39)33-24-14-8-21(3)9-15-24/h4-15H,16-18H2,1-3H3,(H,31,37)(H,32,38)(H,33,39). The number of thioether (sulfide) groups is 3. The van der Waals surface area contributed by atoms with Gasteiger partial charge in [-0.05, 0) is 57.2 Å². The fourth-order valence-electron chi connectivity index (χ4n) is 3.41. The van der Waals surface area contributed by atoms with Crippen molar-refractivity contribution < 1.29 is 14.4 Å². The third-order valence-corrected chi connectivity index (χ3v) is 8.12. The molecular weight excluding hydrogens is 589 g/mol. The van der Waals surface area contributed by atoms with Gasteiger partial charge >= 0.3 is 0 Å². The van der Waals surface area contributed by atoms with Crippen molar-refractivity contribution in [1.82, 2.24) is 15.0 Å². The Morgan fingerprint density at radius 3 is 0.952 bits per heavy atom. The van der Waals surface area contributed by atoms with Crippen LogP contribution in [0.4, 0.5) is 17.1 Å². The number of anilines is 3. The van der Waals surface area contributed by atoms with Gasteiger partial charge in [-0.2, -0.15) is 15.0 Å². The molecule has 4 rings (SSSR count). The summed E-state index contributed by atoms with van der Waals surface area (Å²) in [5, 5.41) is 9.54. The lowest BCUT2D eigenvalue weighted by atomic mass is 10.2. The molecule has 4 aromatic rings. The Bertz CT molecular complexity index is 1340. The zero-order chi connectivity index (χ0) is 29.9. The minimum atomic E-state index is -0.206. The van der Waals surface area contributed by atoms with Gasteiger partial charge in [-0.3, -0.25) is 14.4 Å². The van der Waals surface area contributed by atoms with Crippen LogP contribution in [0.3, 0.4) is 0 Å². The van der Waals surface area contributed by atoms with Crippen LogP contribution in [0.25, 0.3) is 0 Å². The number of nitrogens with zero attached hydrogens (tertiary/aromatic N) is 3. The van der Waals surface area contributed by atoms with Crippen LogP contribution in [0.15, 0.2) is 88.3 Å². The van der Waals surface area contributed by atoms with Crippen LogP contribution >= 0.6 is 35.3 Å². The van der Waals surface area contributed by atoms with Gasteiger partial charge in [0.1, 0.15) is 0 Å². The third-order valence-electron chi connectivity index (χ3n) is 5.58. The summed E-state index contributed by atoms with van der Waals surface area (Å²) in [4.78, 5) is 51.0. The number of rotatable bonds is 12. The number of carbonyl (C=O) groups excluding carboxylic acids is 3. The second-order valence-corrected chi connectivity index (χ2v) is 12.1. The van der Waals surface area contributed by atoms with E-state index in [0.717, 1.165) is 52.0 Å². The highest BCUT2D eigenvalue weighted by atomic mass is 32.2. The molecule has 0 unspecified atom stereocenters. The highest BCUT2D eigenvalue weighted by Crippen LogP contribution is 2.24. The Morgan fingerprint density at radius 2 is 0.714 bits per heavy atom. The number of aryl methyl sites for hydroxylation is 3. The van der Waals surface area contributed by atoms with Gasteiger partial charge in [-0.15, -0.1) is 0 Å². The summed E-state index contributed by atoms with van der Waals surface area (Å²) in [7, 11) is 0. The highest BCUT2D eigenvalue weighted by Gasteiger charge is 2.14. The van der Waals surface area contributed by atoms with Crippen LogP contribution < -0.4 is 16.0 Å². The van der Waals surface area contributed by atoms with Crippen molar-refractivity contribution in [2.45, 2.75) is 36.2 Å². The third kappa shape index (κ3) is 10.5. The van der Waals surface area contributed by atoms with Crippen molar-refractivity contribution in [3.8, 4) is 0 Å². The fourth-order valence-corrected chi connectivity index (χ4v) is 5.48. The molecule has 0 atom stereocenters. The first-order valence-electron chi connectivity index (χ1n) is 13.0. The maximum atomic E-state index is 12.5. The van der Waals surface area contributed by atoms with Gasteiger partial charge in [0, 0.05) is 17.1 Å². The number of carbonyl (C=O) groups is 3. The Morgan fingerprint density at radius 1 is 0.476 bits per heavy atom. The maximum Gasteiger partial charge on any atom is 0.234 e. The molecule has 1 aromatic heterocycles. The van der Waals surface area contributed by atoms with Crippen LogP contribution in [0.5, 0.6) is 0 Å². The Kier molecular flexibility index (Phi) is 11.4. The van der Waals surface area contributed by atoms with Gasteiger partial charge in [0.15, 0.2) is 15.5 Å². The van der Waals surface area contributed by atoms with Crippen molar-refractivity contribution in [2.75, 3.05) is 33.2 Å². The van der Waals surface area contributed by atoms with Crippen molar-refractivity contribution in [3.05, 3.63) is 89.5 Å². The molecule has 9 nitrogen and oxygen atoms in total. The lowest BCUT2D eigenvalue weighted by Crippen LogP contribution is -2.16. The Hall–Kier alpha value is -3.87. The largest absolute Gasteiger partial charge is 0.325 e. The van der Waals surface area contributed by atoms with E-state index in [9.17, 15) is 14.4 Å². The van der Waals surface area contributed by atoms with E-state index in [4.69, 9.17) is 0 Å². The van der Waals surface area contributed by atoms with E-state index in [-0.39, 0.29) is 35.0 Å². The molecule has 12 heteroatoms. The van der Waals surface area contributed by atoms with E-state index < -0.39 is 0 Å². The predicted octanol–water partition coefficient (Wildman–Crippen LogP) is 5.99. The molecule has 1 heterocycles. The van der Waals surface area contributed by atoms with Crippen molar-refractivity contribution in [2.24, 2.45) is 0 Å². The van der Waals surface area contributed by atoms with E-state index in [1.165, 1.54) is 0 Å². The van der Waals surface area contributed by atoms with Crippen molar-refractivity contribution >= 4 is 70.1 Å². The number of nitrogens with one attached hydrogen (secondary N) is 3. The summed E-state index contributed by atoms with van der Waals surface area (Å²) in [6, 6.07) is 22.6. The number of hydrogen-bond acceptors (Lipinski definition) is 9. The van der Waals surface area contributed by atoms with Crippen LogP contribution in [-0.2, 0) is 14.4 Å². The number of hydrogen-bond donors (Lipinski definition) is 3. The van der Waals surface area contributed by atoms with Crippen molar-refractivity contribution in [1.29, 1.82) is 0 Å². The SMILES string of the molecule is Cc1ccc(NC(=O)CSc2nc(SCC(=O)Nc3ccc(C)cc3)nc(SCC(=O)Nc3ccc(C)cc3)n2)cc1. The Balaban J connectivity index is 1.39. The second-order valence-electron chi connectivity index (χ2n) is 9.29. The monoisotopic (exact) mass is 618 g/mol. The lowest BCUT2D eigenvalue weighted by Gasteiger charge is -2.09. The van der Waals surface area contributed by atoms with Crippen LogP contribution in [0.1, 0.15) is 16.7 Å². The predicted molar refractivity (Wildman–Crippen MR) is 171 cm³/mol. The van der Waals surface area contributed by atoms with Gasteiger partial charge in [-0.25, -0.2) is 0 Å². The Labute approximate surface area is 257 Å². The van der Waals surface area contributed by atoms with Gasteiger partial charge in [-0.1, -0.05) is 88.4 Å². The van der Waals surface area contributed by atoms with E-state index in [0.29, 0.717) is 32.5 Å². The smallest absolute Gasteiger partial charge is 0.234 e. The molecular formula is C30H30N6O3S3. The van der Waals surface area contributed by atoms with Crippen LogP contribution in [0, 0.1) is 20.8 Å². The molecule has 0 radical (unpaired) electrons. The van der Waals surface area contributed by atoms with Gasteiger partial charge in [0.25, 0.3) is 0 Å². The molecule has 3 aromatic carbocycles. The summed E-state index contributed by atoms with van der Waals surface area (Å²) >= 11 is 3.46. The molecule has 0 bridgehead atoms. The quantitative estimate of drug-likeness (QED) is 0.164. The summed E-state index contributed by atoms with van der Waals surface area (Å²) in [5.41, 5.74) is 5.41. The first kappa shape index (κ1) is 31.1. The van der Waals surface area contributed by atoms with E-state index in [2.05, 4.69) is 30.9 Å². The number of benzene rings is 3. The molecule has 0 spiro atoms. The molecule has 0 aliphatic heterocycles. The number of aromatic nitrogens is 3. The minimum Gasteiger partial charge on any atom is -0.325 e. The zero-order valence-electron chi connectivity index (χ0n) is 23.3. The van der Waals surface area contributed by atoms with Crippen molar-refractivity contribution in [3.63, 3.8) is 0 Å². The molecule has 42 heavy (non-hydrogen) atoms. The van der Waals surface area contributed by atoms with E-state index in [1.54, 1.807) is 0 Å². The maximum absolute atomic E-state index is 12.5. The molecule has 3 amide bonds. The van der Waals surface area contributed by atoms with E-state index in [1.807, 2.05) is 93.6 Å². The van der Waals surface area contributed by atoms with Gasteiger partial charge < -0.3 is 16.0 Å². The molecule has 0 fully saturated rings. The average Bonchev–Trinajstić information content (AvgIpc) is 2.97. The first-order chi connectivity index (χ1) is 20.2. The summed E-state index contributed by atoms with van der Waals surface area (Å²) in [6.07, 6.45) is 0. The molecule has 216 valence electrons. The average molecular weight is 619 g/mol. The summed E-state index contributed by atoms with van der Waals surface area (Å²) in [6.45, 7) is 5.93. The number of amides is 3. The second kappa shape index (κ2) is 15.4. The normalized spacial score (nSPS) is 10.6. The summed E-state index contributed by atoms with van der Waals surface area (Å²) < 4.78 is 0. The lowest BCUT2D eigenvalue weighted by molar-refractivity contribution is -0.114. The highest BCUT2D eigenvalue weighted by molar-refractivity contribution is 8.01. The van der Waals surface area contributed by atoms with Gasteiger partial charge in [0.05, 0.1) is 17.3 Å². The molecule has 0 saturated carbocycles. The van der Waals surface area contributed by atoms with Crippen LogP contribution in [-0.4, -0.2) is 49.9 Å². The fraction of sp³-hybridized carbons (Fsp3) is 0.200. The van der Waals surface area contributed by atoms with Gasteiger partial charge in [0.2, 0.25) is 17.7 Å². The molecule has 0 aliphatic carbocycles. The molecule has 0 saturated heterocycles. The first-order valence-corrected chi connectivity index (χ1v) is 15.9. The topological polar surface area (TPSA) is 126 Å². The van der Waals surface area contributed by atoms with E-state index >= 15 is 0 Å². The minimum absolute atomic E-state index is 0.0773. The molecule has 0 aliphatic rings. The molecule has 3 N–H and O–H groups in total. The zero-order valence-corrected chi connectivity index (χ0v) is 25.8.